The lowest BCUT2D eigenvalue weighted by Gasteiger charge is -2.22. The number of carbonyl (C=O) groups excluding carboxylic acids is 1. The molecule has 0 aromatic heterocycles. The van der Waals surface area contributed by atoms with Gasteiger partial charge < -0.3 is 24.8 Å². The maximum absolute atomic E-state index is 11.9. The van der Waals surface area contributed by atoms with Crippen LogP contribution in [-0.4, -0.2) is 38.5 Å². The molecule has 2 aliphatic heterocycles. The number of halogens is 1. The molecule has 21 heavy (non-hydrogen) atoms. The fourth-order valence-electron chi connectivity index (χ4n) is 2.35. The van der Waals surface area contributed by atoms with E-state index in [4.69, 9.17) is 25.8 Å². The smallest absolute Gasteiger partial charge is 0.250 e. The topological polar surface area (TPSA) is 68.8 Å². The molecule has 7 heteroatoms. The monoisotopic (exact) mass is 312 g/mol. The molecule has 6 nitrogen and oxygen atoms in total. The summed E-state index contributed by atoms with van der Waals surface area (Å²) in [6, 6.07) is 3.29. The highest BCUT2D eigenvalue weighted by molar-refractivity contribution is 6.34. The van der Waals surface area contributed by atoms with Gasteiger partial charge in [-0.25, -0.2) is 0 Å². The van der Waals surface area contributed by atoms with Crippen LogP contribution in [0.15, 0.2) is 12.1 Å². The molecule has 1 fully saturated rings. The standard InChI is InChI=1S/C14H17ClN2O4/c15-10-5-12-13(21-8-20-12)6-11(10)17-14(18)7-19-9-1-3-16-4-2-9/h5-6,9,16H,1-4,7-8H2,(H,17,18). The van der Waals surface area contributed by atoms with E-state index in [1.54, 1.807) is 12.1 Å². The van der Waals surface area contributed by atoms with Crippen molar-refractivity contribution in [3.05, 3.63) is 17.2 Å². The van der Waals surface area contributed by atoms with Crippen molar-refractivity contribution in [3.63, 3.8) is 0 Å². The lowest BCUT2D eigenvalue weighted by Crippen LogP contribution is -2.34. The summed E-state index contributed by atoms with van der Waals surface area (Å²) in [5.41, 5.74) is 0.500. The largest absolute Gasteiger partial charge is 0.454 e. The summed E-state index contributed by atoms with van der Waals surface area (Å²) in [4.78, 5) is 11.9. The molecule has 0 unspecified atom stereocenters. The molecule has 2 N–H and O–H groups in total. The third-order valence-corrected chi connectivity index (χ3v) is 3.79. The highest BCUT2D eigenvalue weighted by atomic mass is 35.5. The molecule has 1 aromatic carbocycles. The molecule has 0 spiro atoms. The summed E-state index contributed by atoms with van der Waals surface area (Å²) in [6.07, 6.45) is 2.00. The lowest BCUT2D eigenvalue weighted by atomic mass is 10.1. The van der Waals surface area contributed by atoms with E-state index in [0.29, 0.717) is 22.2 Å². The number of hydrogen-bond donors (Lipinski definition) is 2. The molecule has 2 heterocycles. The van der Waals surface area contributed by atoms with Gasteiger partial charge in [-0.1, -0.05) is 11.6 Å². The van der Waals surface area contributed by atoms with Crippen LogP contribution >= 0.6 is 11.6 Å². The number of hydrogen-bond acceptors (Lipinski definition) is 5. The molecule has 0 aliphatic carbocycles. The highest BCUT2D eigenvalue weighted by Crippen LogP contribution is 2.39. The highest BCUT2D eigenvalue weighted by Gasteiger charge is 2.19. The Labute approximate surface area is 127 Å². The number of amides is 1. The van der Waals surface area contributed by atoms with E-state index in [1.165, 1.54) is 0 Å². The second-order valence-corrected chi connectivity index (χ2v) is 5.40. The number of rotatable bonds is 4. The van der Waals surface area contributed by atoms with E-state index in [2.05, 4.69) is 10.6 Å². The van der Waals surface area contributed by atoms with Gasteiger partial charge in [0.25, 0.3) is 0 Å². The van der Waals surface area contributed by atoms with Gasteiger partial charge in [-0.15, -0.1) is 0 Å². The normalized spacial score (nSPS) is 17.8. The molecule has 1 amide bonds. The minimum atomic E-state index is -0.228. The van der Waals surface area contributed by atoms with Crippen LogP contribution in [0.3, 0.4) is 0 Å². The predicted octanol–water partition coefficient (Wildman–Crippen LogP) is 1.78. The van der Waals surface area contributed by atoms with E-state index in [-0.39, 0.29) is 25.4 Å². The maximum Gasteiger partial charge on any atom is 0.250 e. The van der Waals surface area contributed by atoms with Crippen molar-refractivity contribution in [1.82, 2.24) is 5.32 Å². The molecule has 0 atom stereocenters. The van der Waals surface area contributed by atoms with Crippen molar-refractivity contribution in [1.29, 1.82) is 0 Å². The first-order chi connectivity index (χ1) is 10.2. The van der Waals surface area contributed by atoms with Gasteiger partial charge >= 0.3 is 0 Å². The van der Waals surface area contributed by atoms with E-state index < -0.39 is 0 Å². The first-order valence-electron chi connectivity index (χ1n) is 6.93. The number of fused-ring (bicyclic) bond motifs is 1. The van der Waals surface area contributed by atoms with Crippen LogP contribution in [0.2, 0.25) is 5.02 Å². The average Bonchev–Trinajstić information content (AvgIpc) is 2.94. The van der Waals surface area contributed by atoms with E-state index in [1.807, 2.05) is 0 Å². The van der Waals surface area contributed by atoms with Crippen LogP contribution in [0.4, 0.5) is 5.69 Å². The summed E-state index contributed by atoms with van der Waals surface area (Å²) in [5, 5.41) is 6.39. The molecule has 0 saturated carbocycles. The summed E-state index contributed by atoms with van der Waals surface area (Å²) >= 11 is 6.10. The predicted molar refractivity (Wildman–Crippen MR) is 78.0 cm³/mol. The van der Waals surface area contributed by atoms with Gasteiger partial charge in [-0.3, -0.25) is 4.79 Å². The summed E-state index contributed by atoms with van der Waals surface area (Å²) in [6.45, 7) is 2.05. The number of piperidine rings is 1. The van der Waals surface area contributed by atoms with E-state index in [0.717, 1.165) is 25.9 Å². The third-order valence-electron chi connectivity index (χ3n) is 3.47. The minimum Gasteiger partial charge on any atom is -0.454 e. The van der Waals surface area contributed by atoms with Crippen LogP contribution in [0.1, 0.15) is 12.8 Å². The second kappa shape index (κ2) is 6.51. The second-order valence-electron chi connectivity index (χ2n) is 4.99. The Morgan fingerprint density at radius 3 is 2.81 bits per heavy atom. The zero-order chi connectivity index (χ0) is 14.7. The zero-order valence-electron chi connectivity index (χ0n) is 11.5. The molecule has 1 aromatic rings. The van der Waals surface area contributed by atoms with E-state index in [9.17, 15) is 4.79 Å². The average molecular weight is 313 g/mol. The SMILES string of the molecule is O=C(COC1CCNCC1)Nc1cc2c(cc1Cl)OCO2. The summed E-state index contributed by atoms with van der Waals surface area (Å²) in [5.74, 6) is 0.937. The zero-order valence-corrected chi connectivity index (χ0v) is 12.2. The molecule has 1 saturated heterocycles. The van der Waals surface area contributed by atoms with Gasteiger partial charge in [0.1, 0.15) is 6.61 Å². The first kappa shape index (κ1) is 14.4. The summed E-state index contributed by atoms with van der Waals surface area (Å²) < 4.78 is 16.1. The van der Waals surface area contributed by atoms with Gasteiger partial charge in [-0.2, -0.15) is 0 Å². The van der Waals surface area contributed by atoms with Crippen molar-refractivity contribution in [3.8, 4) is 11.5 Å². The van der Waals surface area contributed by atoms with Crippen LogP contribution in [-0.2, 0) is 9.53 Å². The van der Waals surface area contributed by atoms with Gasteiger partial charge in [0, 0.05) is 12.1 Å². The van der Waals surface area contributed by atoms with Crippen molar-refractivity contribution in [2.45, 2.75) is 18.9 Å². The van der Waals surface area contributed by atoms with Crippen LogP contribution in [0.25, 0.3) is 0 Å². The quantitative estimate of drug-likeness (QED) is 0.887. The van der Waals surface area contributed by atoms with Gasteiger partial charge in [0.05, 0.1) is 16.8 Å². The molecular formula is C14H17ClN2O4. The van der Waals surface area contributed by atoms with Crippen molar-refractivity contribution < 1.29 is 19.0 Å². The van der Waals surface area contributed by atoms with Gasteiger partial charge in [0.2, 0.25) is 12.7 Å². The number of carbonyl (C=O) groups is 1. The Hall–Kier alpha value is -1.50. The number of anilines is 1. The Morgan fingerprint density at radius 2 is 2.05 bits per heavy atom. The Balaban J connectivity index is 1.54. The Morgan fingerprint density at radius 1 is 1.33 bits per heavy atom. The third kappa shape index (κ3) is 3.58. The lowest BCUT2D eigenvalue weighted by molar-refractivity contribution is -0.123. The van der Waals surface area contributed by atoms with E-state index >= 15 is 0 Å². The van der Waals surface area contributed by atoms with Crippen molar-refractivity contribution in [2.24, 2.45) is 0 Å². The molecule has 0 bridgehead atoms. The first-order valence-corrected chi connectivity index (χ1v) is 7.31. The summed E-state index contributed by atoms with van der Waals surface area (Å²) in [7, 11) is 0. The fraction of sp³-hybridized carbons (Fsp3) is 0.500. The number of ether oxygens (including phenoxy) is 3. The van der Waals surface area contributed by atoms with Crippen LogP contribution in [0, 0.1) is 0 Å². The van der Waals surface area contributed by atoms with Gasteiger partial charge in [-0.05, 0) is 25.9 Å². The van der Waals surface area contributed by atoms with Crippen molar-refractivity contribution >= 4 is 23.2 Å². The molecule has 0 radical (unpaired) electrons. The molecule has 114 valence electrons. The fourth-order valence-corrected chi connectivity index (χ4v) is 2.56. The molecule has 2 aliphatic rings. The molecule has 3 rings (SSSR count). The Bertz CT molecular complexity index is 532. The van der Waals surface area contributed by atoms with Crippen LogP contribution in [0.5, 0.6) is 11.5 Å². The Kier molecular flexibility index (Phi) is 4.48. The van der Waals surface area contributed by atoms with Crippen molar-refractivity contribution in [2.75, 3.05) is 31.8 Å². The minimum absolute atomic E-state index is 0.0233. The number of benzene rings is 1. The van der Waals surface area contributed by atoms with Gasteiger partial charge in [0.15, 0.2) is 11.5 Å². The number of nitrogens with one attached hydrogen (secondary N) is 2. The molecular weight excluding hydrogens is 296 g/mol. The maximum atomic E-state index is 11.9. The van der Waals surface area contributed by atoms with Crippen LogP contribution < -0.4 is 20.1 Å².